The van der Waals surface area contributed by atoms with Crippen molar-refractivity contribution in [3.8, 4) is 22.3 Å². The van der Waals surface area contributed by atoms with Crippen LogP contribution in [-0.2, 0) is 5.41 Å². The lowest BCUT2D eigenvalue weighted by Gasteiger charge is -2.26. The quantitative estimate of drug-likeness (QED) is 0.207. The van der Waals surface area contributed by atoms with Crippen molar-refractivity contribution in [1.29, 1.82) is 0 Å². The van der Waals surface area contributed by atoms with Gasteiger partial charge in [-0.15, -0.1) is 0 Å². The Kier molecular flexibility index (Phi) is 5.58. The maximum Gasteiger partial charge on any atom is 0.159 e. The number of fused-ring (bicyclic) bond motifs is 7. The molecule has 214 valence electrons. The minimum atomic E-state index is 0.00629. The molecule has 0 saturated carbocycles. The third kappa shape index (κ3) is 3.96. The Bertz CT molecular complexity index is 2410. The predicted octanol–water partition coefficient (Wildman–Crippen LogP) is 12.2. The van der Waals surface area contributed by atoms with Gasteiger partial charge >= 0.3 is 0 Å². The van der Waals surface area contributed by atoms with Crippen LogP contribution in [-0.4, -0.2) is 0 Å². The molecule has 0 N–H and O–H groups in total. The summed E-state index contributed by atoms with van der Waals surface area (Å²) >= 11 is 0. The van der Waals surface area contributed by atoms with Crippen LogP contribution in [0.2, 0.25) is 0 Å². The average Bonchev–Trinajstić information content (AvgIpc) is 3.58. The van der Waals surface area contributed by atoms with Gasteiger partial charge in [0.1, 0.15) is 5.58 Å². The van der Waals surface area contributed by atoms with E-state index in [9.17, 15) is 0 Å². The largest absolute Gasteiger partial charge is 0.454 e. The number of rotatable bonds is 4. The summed E-state index contributed by atoms with van der Waals surface area (Å²) in [5, 5.41) is 4.67. The fraction of sp³-hybridized carbons (Fsp3) is 0.0698. The topological polar surface area (TPSA) is 16.4 Å². The molecule has 8 aromatic rings. The van der Waals surface area contributed by atoms with Crippen molar-refractivity contribution in [2.24, 2.45) is 0 Å². The SMILES string of the molecule is CC1(C)c2ccccc2-c2cc(-c3ccc(N(c4ccc5ccccc5c4)c4cccc5c4oc4ccccc45)cc3)ccc21. The summed E-state index contributed by atoms with van der Waals surface area (Å²) in [5.74, 6) is 0. The minimum absolute atomic E-state index is 0.00629. The number of nitrogens with zero attached hydrogens (tertiary/aromatic N) is 1. The number of furan rings is 1. The maximum absolute atomic E-state index is 6.53. The van der Waals surface area contributed by atoms with Crippen molar-refractivity contribution in [1.82, 2.24) is 0 Å². The summed E-state index contributed by atoms with van der Waals surface area (Å²) in [7, 11) is 0. The lowest BCUT2D eigenvalue weighted by Crippen LogP contribution is -2.14. The Morgan fingerprint density at radius 3 is 2.07 bits per heavy atom. The smallest absolute Gasteiger partial charge is 0.159 e. The molecular weight excluding hydrogens is 546 g/mol. The van der Waals surface area contributed by atoms with Crippen LogP contribution in [0.25, 0.3) is 55.0 Å². The van der Waals surface area contributed by atoms with Crippen molar-refractivity contribution in [2.45, 2.75) is 19.3 Å². The summed E-state index contributed by atoms with van der Waals surface area (Å²) in [4.78, 5) is 2.32. The number of anilines is 3. The zero-order chi connectivity index (χ0) is 30.1. The van der Waals surface area contributed by atoms with Gasteiger partial charge < -0.3 is 9.32 Å². The first-order valence-electron chi connectivity index (χ1n) is 15.6. The molecule has 0 atom stereocenters. The molecule has 0 fully saturated rings. The first-order chi connectivity index (χ1) is 22.1. The van der Waals surface area contributed by atoms with Gasteiger partial charge in [-0.05, 0) is 86.6 Å². The number of hydrogen-bond donors (Lipinski definition) is 0. The van der Waals surface area contributed by atoms with Gasteiger partial charge in [0.25, 0.3) is 0 Å². The second kappa shape index (κ2) is 9.70. The first-order valence-corrected chi connectivity index (χ1v) is 15.6. The molecule has 0 amide bonds. The zero-order valence-corrected chi connectivity index (χ0v) is 25.3. The molecule has 9 rings (SSSR count). The average molecular weight is 578 g/mol. The van der Waals surface area contributed by atoms with E-state index in [1.165, 1.54) is 44.2 Å². The normalized spacial score (nSPS) is 13.3. The molecule has 1 aliphatic rings. The molecule has 1 aliphatic carbocycles. The monoisotopic (exact) mass is 577 g/mol. The minimum Gasteiger partial charge on any atom is -0.454 e. The molecule has 1 aromatic heterocycles. The van der Waals surface area contributed by atoms with E-state index < -0.39 is 0 Å². The van der Waals surface area contributed by atoms with Gasteiger partial charge in [-0.1, -0.05) is 123 Å². The van der Waals surface area contributed by atoms with E-state index in [0.717, 1.165) is 39.0 Å². The van der Waals surface area contributed by atoms with E-state index in [1.807, 2.05) is 12.1 Å². The van der Waals surface area contributed by atoms with Crippen LogP contribution in [0, 0.1) is 0 Å². The highest BCUT2D eigenvalue weighted by Gasteiger charge is 2.35. The van der Waals surface area contributed by atoms with Crippen LogP contribution >= 0.6 is 0 Å². The van der Waals surface area contributed by atoms with Gasteiger partial charge in [0.15, 0.2) is 5.58 Å². The fourth-order valence-corrected chi connectivity index (χ4v) is 7.35. The Morgan fingerprint density at radius 2 is 1.18 bits per heavy atom. The first kappa shape index (κ1) is 25.9. The highest BCUT2D eigenvalue weighted by Crippen LogP contribution is 2.50. The van der Waals surface area contributed by atoms with Gasteiger partial charge in [-0.25, -0.2) is 0 Å². The maximum atomic E-state index is 6.53. The Labute approximate surface area is 262 Å². The molecule has 0 radical (unpaired) electrons. The van der Waals surface area contributed by atoms with Crippen LogP contribution in [0.1, 0.15) is 25.0 Å². The lowest BCUT2D eigenvalue weighted by molar-refractivity contribution is 0.660. The summed E-state index contributed by atoms with van der Waals surface area (Å²) in [6.45, 7) is 4.66. The van der Waals surface area contributed by atoms with E-state index in [2.05, 4.69) is 158 Å². The molecule has 0 spiro atoms. The standard InChI is InChI=1S/C43H31NO/c1-43(2)38-15-7-5-12-34(38)37-27-31(21-25-39(37)43)29-18-22-32(23-19-29)44(33-24-20-28-10-3-4-11-30(28)26-33)40-16-9-14-36-35-13-6-8-17-41(35)45-42(36)40/h3-27H,1-2H3. The Morgan fingerprint density at radius 1 is 0.489 bits per heavy atom. The molecular formula is C43H31NO. The molecule has 0 unspecified atom stereocenters. The molecule has 7 aromatic carbocycles. The van der Waals surface area contributed by atoms with E-state index in [0.29, 0.717) is 0 Å². The number of hydrogen-bond acceptors (Lipinski definition) is 2. The molecule has 45 heavy (non-hydrogen) atoms. The highest BCUT2D eigenvalue weighted by atomic mass is 16.3. The number of benzene rings is 7. The van der Waals surface area contributed by atoms with Crippen molar-refractivity contribution < 1.29 is 4.42 Å². The highest BCUT2D eigenvalue weighted by molar-refractivity contribution is 6.10. The second-order valence-electron chi connectivity index (χ2n) is 12.6. The molecule has 0 aliphatic heterocycles. The van der Waals surface area contributed by atoms with Crippen molar-refractivity contribution >= 4 is 49.8 Å². The van der Waals surface area contributed by atoms with Crippen molar-refractivity contribution in [3.63, 3.8) is 0 Å². The van der Waals surface area contributed by atoms with E-state index in [-0.39, 0.29) is 5.41 Å². The van der Waals surface area contributed by atoms with Crippen LogP contribution in [0.4, 0.5) is 17.1 Å². The molecule has 0 bridgehead atoms. The third-order valence-corrected chi connectivity index (χ3v) is 9.66. The van der Waals surface area contributed by atoms with Crippen molar-refractivity contribution in [2.75, 3.05) is 4.90 Å². The van der Waals surface area contributed by atoms with Crippen LogP contribution in [0.5, 0.6) is 0 Å². The summed E-state index contributed by atoms with van der Waals surface area (Å²) in [6.07, 6.45) is 0. The fourth-order valence-electron chi connectivity index (χ4n) is 7.35. The van der Waals surface area contributed by atoms with Gasteiger partial charge in [0.05, 0.1) is 5.69 Å². The Hall–Kier alpha value is -5.60. The van der Waals surface area contributed by atoms with Crippen LogP contribution < -0.4 is 4.90 Å². The second-order valence-corrected chi connectivity index (χ2v) is 12.6. The summed E-state index contributed by atoms with van der Waals surface area (Å²) in [6, 6.07) is 54.7. The van der Waals surface area contributed by atoms with Gasteiger partial charge in [0.2, 0.25) is 0 Å². The van der Waals surface area contributed by atoms with Crippen LogP contribution in [0.15, 0.2) is 156 Å². The van der Waals surface area contributed by atoms with Gasteiger partial charge in [0, 0.05) is 27.6 Å². The van der Waals surface area contributed by atoms with Crippen molar-refractivity contribution in [3.05, 3.63) is 163 Å². The molecule has 1 heterocycles. The summed E-state index contributed by atoms with van der Waals surface area (Å²) < 4.78 is 6.53. The van der Waals surface area contributed by atoms with Crippen LogP contribution in [0.3, 0.4) is 0 Å². The third-order valence-electron chi connectivity index (χ3n) is 9.66. The van der Waals surface area contributed by atoms with E-state index in [1.54, 1.807) is 0 Å². The Balaban J connectivity index is 1.19. The predicted molar refractivity (Wildman–Crippen MR) is 189 cm³/mol. The molecule has 2 heteroatoms. The van der Waals surface area contributed by atoms with Gasteiger partial charge in [-0.3, -0.25) is 0 Å². The van der Waals surface area contributed by atoms with Gasteiger partial charge in [-0.2, -0.15) is 0 Å². The molecule has 0 saturated heterocycles. The van der Waals surface area contributed by atoms with E-state index in [4.69, 9.17) is 4.42 Å². The lowest BCUT2D eigenvalue weighted by atomic mass is 9.82. The van der Waals surface area contributed by atoms with E-state index >= 15 is 0 Å². The molecule has 2 nitrogen and oxygen atoms in total. The number of para-hydroxylation sites is 2. The zero-order valence-electron chi connectivity index (χ0n) is 25.3. The summed E-state index contributed by atoms with van der Waals surface area (Å²) in [5.41, 5.74) is 12.9.